The molecule has 2 heterocycles. The van der Waals surface area contributed by atoms with Crippen LogP contribution in [-0.2, 0) is 14.9 Å². The maximum Gasteiger partial charge on any atom is 0.219 e. The van der Waals surface area contributed by atoms with Crippen LogP contribution in [-0.4, -0.2) is 19.2 Å². The van der Waals surface area contributed by atoms with E-state index in [-0.39, 0.29) is 11.7 Å². The van der Waals surface area contributed by atoms with Gasteiger partial charge in [-0.05, 0) is 13.0 Å². The predicted octanol–water partition coefficient (Wildman–Crippen LogP) is 2.45. The normalized spacial score (nSPS) is 40.3. The summed E-state index contributed by atoms with van der Waals surface area (Å²) in [6, 6.07) is 8.14. The summed E-state index contributed by atoms with van der Waals surface area (Å²) < 4.78 is 17.1. The van der Waals surface area contributed by atoms with Gasteiger partial charge in [0, 0.05) is 26.0 Å². The number of fused-ring (bicyclic) bond motifs is 3. The first-order chi connectivity index (χ1) is 7.59. The second kappa shape index (κ2) is 2.99. The Balaban J connectivity index is 2.10. The Labute approximate surface area is 95.3 Å². The molecule has 0 spiro atoms. The summed E-state index contributed by atoms with van der Waals surface area (Å²) in [6.45, 7) is 4.17. The van der Waals surface area contributed by atoms with Gasteiger partial charge in [0.2, 0.25) is 5.79 Å². The predicted molar refractivity (Wildman–Crippen MR) is 59.3 cm³/mol. The van der Waals surface area contributed by atoms with Gasteiger partial charge in [-0.3, -0.25) is 0 Å². The number of rotatable bonds is 1. The van der Waals surface area contributed by atoms with Crippen molar-refractivity contribution in [2.45, 2.75) is 37.8 Å². The molecule has 1 fully saturated rings. The zero-order valence-corrected chi connectivity index (χ0v) is 9.82. The van der Waals surface area contributed by atoms with E-state index in [0.717, 1.165) is 12.2 Å². The van der Waals surface area contributed by atoms with Crippen molar-refractivity contribution in [3.05, 3.63) is 29.8 Å². The summed E-state index contributed by atoms with van der Waals surface area (Å²) in [4.78, 5) is 0. The number of hydrogen-bond acceptors (Lipinski definition) is 3. The molecular formula is C13H16O3. The van der Waals surface area contributed by atoms with Crippen LogP contribution in [0, 0.1) is 0 Å². The lowest BCUT2D eigenvalue weighted by Crippen LogP contribution is -2.43. The molecule has 2 aliphatic rings. The molecule has 3 rings (SSSR count). The standard InChI is InChI=1S/C13H16O3/c1-12-8-11(14-3)16-13(12,2)15-10-7-5-4-6-9(10)12/h4-7,11H,8H2,1-3H3/t11-,12+,13+/m1/s1. The maximum atomic E-state index is 5.95. The van der Waals surface area contributed by atoms with Crippen LogP contribution in [0.15, 0.2) is 24.3 Å². The minimum absolute atomic E-state index is 0.121. The Morgan fingerprint density at radius 2 is 2.06 bits per heavy atom. The fourth-order valence-electron chi connectivity index (χ4n) is 2.79. The van der Waals surface area contributed by atoms with Crippen LogP contribution in [0.3, 0.4) is 0 Å². The smallest absolute Gasteiger partial charge is 0.219 e. The lowest BCUT2D eigenvalue weighted by Gasteiger charge is -2.30. The van der Waals surface area contributed by atoms with Crippen molar-refractivity contribution in [3.63, 3.8) is 0 Å². The van der Waals surface area contributed by atoms with Gasteiger partial charge in [0.05, 0.1) is 5.41 Å². The fraction of sp³-hybridized carbons (Fsp3) is 0.538. The highest BCUT2D eigenvalue weighted by molar-refractivity contribution is 5.46. The molecule has 0 N–H and O–H groups in total. The molecule has 16 heavy (non-hydrogen) atoms. The van der Waals surface area contributed by atoms with Gasteiger partial charge in [0.1, 0.15) is 5.75 Å². The zero-order chi connectivity index (χ0) is 11.4. The zero-order valence-electron chi connectivity index (χ0n) is 9.82. The fourth-order valence-corrected chi connectivity index (χ4v) is 2.79. The molecule has 1 aromatic rings. The average Bonchev–Trinajstić information content (AvgIpc) is 2.63. The molecule has 1 aromatic carbocycles. The third kappa shape index (κ3) is 1.05. The third-order valence-electron chi connectivity index (χ3n) is 3.98. The van der Waals surface area contributed by atoms with Crippen molar-refractivity contribution >= 4 is 0 Å². The molecule has 0 unspecified atom stereocenters. The Hall–Kier alpha value is -1.06. The molecule has 3 nitrogen and oxygen atoms in total. The van der Waals surface area contributed by atoms with E-state index in [1.54, 1.807) is 7.11 Å². The monoisotopic (exact) mass is 220 g/mol. The topological polar surface area (TPSA) is 27.7 Å². The summed E-state index contributed by atoms with van der Waals surface area (Å²) >= 11 is 0. The highest BCUT2D eigenvalue weighted by Gasteiger charge is 2.62. The van der Waals surface area contributed by atoms with Crippen LogP contribution in [0.5, 0.6) is 5.75 Å². The van der Waals surface area contributed by atoms with Gasteiger partial charge >= 0.3 is 0 Å². The average molecular weight is 220 g/mol. The second-order valence-electron chi connectivity index (χ2n) is 4.86. The molecule has 0 aromatic heterocycles. The molecule has 0 amide bonds. The molecule has 2 aliphatic heterocycles. The van der Waals surface area contributed by atoms with Crippen LogP contribution in [0.4, 0.5) is 0 Å². The van der Waals surface area contributed by atoms with Crippen molar-refractivity contribution in [3.8, 4) is 5.75 Å². The first-order valence-corrected chi connectivity index (χ1v) is 5.58. The van der Waals surface area contributed by atoms with Crippen LogP contribution in [0.2, 0.25) is 0 Å². The van der Waals surface area contributed by atoms with E-state index < -0.39 is 5.79 Å². The number of methoxy groups -OCH3 is 1. The number of para-hydroxylation sites is 1. The SMILES string of the molecule is CO[C@H]1C[C@@]2(C)c3ccccc3O[C@@]2(C)O1. The largest absolute Gasteiger partial charge is 0.461 e. The molecule has 3 heteroatoms. The highest BCUT2D eigenvalue weighted by Crippen LogP contribution is 2.56. The van der Waals surface area contributed by atoms with Crippen LogP contribution in [0.1, 0.15) is 25.8 Å². The summed E-state index contributed by atoms with van der Waals surface area (Å²) in [5.41, 5.74) is 1.10. The van der Waals surface area contributed by atoms with E-state index >= 15 is 0 Å². The Kier molecular flexibility index (Phi) is 1.89. The highest BCUT2D eigenvalue weighted by atomic mass is 16.8. The Morgan fingerprint density at radius 3 is 2.81 bits per heavy atom. The molecule has 1 saturated heterocycles. The van der Waals surface area contributed by atoms with E-state index in [0.29, 0.717) is 0 Å². The second-order valence-corrected chi connectivity index (χ2v) is 4.86. The summed E-state index contributed by atoms with van der Waals surface area (Å²) in [7, 11) is 1.67. The Bertz CT molecular complexity index is 431. The van der Waals surface area contributed by atoms with Crippen molar-refractivity contribution in [1.29, 1.82) is 0 Å². The minimum atomic E-state index is -0.600. The number of hydrogen-bond donors (Lipinski definition) is 0. The maximum absolute atomic E-state index is 5.95. The molecule has 3 atom stereocenters. The molecule has 0 aliphatic carbocycles. The van der Waals surface area contributed by atoms with E-state index in [1.165, 1.54) is 5.56 Å². The van der Waals surface area contributed by atoms with Gasteiger partial charge in [-0.15, -0.1) is 0 Å². The molecule has 0 saturated carbocycles. The molecular weight excluding hydrogens is 204 g/mol. The van der Waals surface area contributed by atoms with E-state index in [1.807, 2.05) is 25.1 Å². The van der Waals surface area contributed by atoms with Crippen molar-refractivity contribution < 1.29 is 14.2 Å². The summed E-state index contributed by atoms with van der Waals surface area (Å²) in [5.74, 6) is 0.333. The van der Waals surface area contributed by atoms with Gasteiger partial charge < -0.3 is 14.2 Å². The first-order valence-electron chi connectivity index (χ1n) is 5.58. The van der Waals surface area contributed by atoms with Gasteiger partial charge in [0.25, 0.3) is 0 Å². The van der Waals surface area contributed by atoms with E-state index in [9.17, 15) is 0 Å². The summed E-state index contributed by atoms with van der Waals surface area (Å²) in [5, 5.41) is 0. The molecule has 0 bridgehead atoms. The molecule has 86 valence electrons. The molecule has 0 radical (unpaired) electrons. The lowest BCUT2D eigenvalue weighted by atomic mass is 9.76. The quantitative estimate of drug-likeness (QED) is 0.727. The van der Waals surface area contributed by atoms with E-state index in [2.05, 4.69) is 13.0 Å². The van der Waals surface area contributed by atoms with Gasteiger partial charge in [-0.2, -0.15) is 0 Å². The van der Waals surface area contributed by atoms with Crippen molar-refractivity contribution in [2.75, 3.05) is 7.11 Å². The van der Waals surface area contributed by atoms with Crippen molar-refractivity contribution in [2.24, 2.45) is 0 Å². The van der Waals surface area contributed by atoms with Crippen molar-refractivity contribution in [1.82, 2.24) is 0 Å². The summed E-state index contributed by atoms with van der Waals surface area (Å²) in [6.07, 6.45) is 0.653. The first kappa shape index (κ1) is 10.1. The van der Waals surface area contributed by atoms with Crippen LogP contribution >= 0.6 is 0 Å². The minimum Gasteiger partial charge on any atom is -0.461 e. The number of ether oxygens (including phenoxy) is 3. The van der Waals surface area contributed by atoms with Gasteiger partial charge in [-0.1, -0.05) is 18.2 Å². The number of benzene rings is 1. The van der Waals surface area contributed by atoms with Crippen LogP contribution < -0.4 is 4.74 Å². The lowest BCUT2D eigenvalue weighted by molar-refractivity contribution is -0.224. The van der Waals surface area contributed by atoms with E-state index in [4.69, 9.17) is 14.2 Å². The van der Waals surface area contributed by atoms with Gasteiger partial charge in [-0.25, -0.2) is 0 Å². The Morgan fingerprint density at radius 1 is 1.31 bits per heavy atom. The van der Waals surface area contributed by atoms with Gasteiger partial charge in [0.15, 0.2) is 6.29 Å². The van der Waals surface area contributed by atoms with Crippen LogP contribution in [0.25, 0.3) is 0 Å². The third-order valence-corrected chi connectivity index (χ3v) is 3.98.